The van der Waals surface area contributed by atoms with Crippen molar-refractivity contribution in [2.75, 3.05) is 27.3 Å². The predicted octanol–water partition coefficient (Wildman–Crippen LogP) is -0.0192. The molecule has 1 atom stereocenters. The maximum absolute atomic E-state index is 11.8. The lowest BCUT2D eigenvalue weighted by Crippen LogP contribution is -2.47. The minimum Gasteiger partial charge on any atom is -0.383 e. The molecule has 84 valence electrons. The molecule has 0 spiro atoms. The van der Waals surface area contributed by atoms with E-state index < -0.39 is 24.7 Å². The Labute approximate surface area is 79.8 Å². The van der Waals surface area contributed by atoms with E-state index in [0.29, 0.717) is 4.90 Å². The maximum Gasteiger partial charge on any atom is 0.406 e. The summed E-state index contributed by atoms with van der Waals surface area (Å²) < 4.78 is 40.1. The molecule has 0 aliphatic rings. The maximum atomic E-state index is 11.8. The van der Waals surface area contributed by atoms with Crippen molar-refractivity contribution in [3.05, 3.63) is 0 Å². The summed E-state index contributed by atoms with van der Waals surface area (Å²) in [6.07, 6.45) is -4.41. The number of carbonyl (C=O) groups excluding carboxylic acids is 1. The first kappa shape index (κ1) is 13.2. The van der Waals surface area contributed by atoms with Gasteiger partial charge in [0.05, 0.1) is 6.61 Å². The van der Waals surface area contributed by atoms with Gasteiger partial charge in [-0.3, -0.25) is 4.79 Å². The third kappa shape index (κ3) is 5.03. The van der Waals surface area contributed by atoms with Crippen LogP contribution in [0.25, 0.3) is 0 Å². The Hall–Kier alpha value is -0.820. The average molecular weight is 214 g/mol. The topological polar surface area (TPSA) is 55.6 Å². The summed E-state index contributed by atoms with van der Waals surface area (Å²) in [4.78, 5) is 11.7. The van der Waals surface area contributed by atoms with Gasteiger partial charge in [-0.25, -0.2) is 0 Å². The second kappa shape index (κ2) is 5.16. The SMILES string of the molecule is COCC(N)C(=O)N(C)CC(F)(F)F. The van der Waals surface area contributed by atoms with Crippen LogP contribution in [0.5, 0.6) is 0 Å². The number of hydrogen-bond donors (Lipinski definition) is 1. The van der Waals surface area contributed by atoms with Gasteiger partial charge in [-0.2, -0.15) is 13.2 Å². The van der Waals surface area contributed by atoms with E-state index in [4.69, 9.17) is 5.73 Å². The van der Waals surface area contributed by atoms with Gasteiger partial charge in [0.2, 0.25) is 5.91 Å². The van der Waals surface area contributed by atoms with Gasteiger partial charge in [-0.1, -0.05) is 0 Å². The Morgan fingerprint density at radius 2 is 2.07 bits per heavy atom. The molecule has 2 N–H and O–H groups in total. The van der Waals surface area contributed by atoms with E-state index in [9.17, 15) is 18.0 Å². The molecule has 0 saturated carbocycles. The fourth-order valence-corrected chi connectivity index (χ4v) is 0.881. The first-order valence-electron chi connectivity index (χ1n) is 3.84. The number of methoxy groups -OCH3 is 1. The number of likely N-dealkylation sites (N-methyl/N-ethyl adjacent to an activating group) is 1. The van der Waals surface area contributed by atoms with Crippen LogP contribution in [0.4, 0.5) is 13.2 Å². The highest BCUT2D eigenvalue weighted by molar-refractivity contribution is 5.81. The minimum atomic E-state index is -4.41. The van der Waals surface area contributed by atoms with Gasteiger partial charge in [0, 0.05) is 14.2 Å². The lowest BCUT2D eigenvalue weighted by Gasteiger charge is -2.21. The van der Waals surface area contributed by atoms with Crippen LogP contribution in [0.2, 0.25) is 0 Å². The fraction of sp³-hybridized carbons (Fsp3) is 0.857. The van der Waals surface area contributed by atoms with Gasteiger partial charge in [0.1, 0.15) is 12.6 Å². The molecule has 0 rings (SSSR count). The summed E-state index contributed by atoms with van der Waals surface area (Å²) in [5.41, 5.74) is 5.26. The standard InChI is InChI=1S/C7H13F3N2O2/c1-12(4-7(8,9)10)6(13)5(11)3-14-2/h5H,3-4,11H2,1-2H3. The lowest BCUT2D eigenvalue weighted by atomic mass is 10.3. The number of nitrogens with zero attached hydrogens (tertiary/aromatic N) is 1. The minimum absolute atomic E-state index is 0.0962. The Balaban J connectivity index is 4.12. The monoisotopic (exact) mass is 214 g/mol. The molecule has 0 fully saturated rings. The molecule has 7 heteroatoms. The molecule has 0 heterocycles. The molecule has 0 radical (unpaired) electrons. The number of rotatable bonds is 4. The van der Waals surface area contributed by atoms with Crippen LogP contribution in [0.3, 0.4) is 0 Å². The lowest BCUT2D eigenvalue weighted by molar-refractivity contribution is -0.159. The van der Waals surface area contributed by atoms with E-state index in [2.05, 4.69) is 4.74 Å². The quantitative estimate of drug-likeness (QED) is 0.715. The Morgan fingerprint density at radius 3 is 2.43 bits per heavy atom. The molecule has 0 aromatic carbocycles. The first-order chi connectivity index (χ1) is 6.28. The normalized spacial score (nSPS) is 13.9. The number of carbonyl (C=O) groups is 1. The molecule has 0 bridgehead atoms. The van der Waals surface area contributed by atoms with Crippen LogP contribution >= 0.6 is 0 Å². The largest absolute Gasteiger partial charge is 0.406 e. The molecule has 1 unspecified atom stereocenters. The van der Waals surface area contributed by atoms with Crippen LogP contribution in [0.1, 0.15) is 0 Å². The van der Waals surface area contributed by atoms with Crippen molar-refractivity contribution in [3.63, 3.8) is 0 Å². The van der Waals surface area contributed by atoms with Crippen molar-refractivity contribution >= 4 is 5.91 Å². The summed E-state index contributed by atoms with van der Waals surface area (Å²) in [6.45, 7) is -1.40. The summed E-state index contributed by atoms with van der Waals surface area (Å²) in [5, 5.41) is 0. The van der Waals surface area contributed by atoms with Gasteiger partial charge < -0.3 is 15.4 Å². The van der Waals surface area contributed by atoms with Crippen molar-refractivity contribution < 1.29 is 22.7 Å². The van der Waals surface area contributed by atoms with Gasteiger partial charge in [0.25, 0.3) is 0 Å². The summed E-state index contributed by atoms with van der Waals surface area (Å²) >= 11 is 0. The van der Waals surface area contributed by atoms with Gasteiger partial charge in [-0.15, -0.1) is 0 Å². The van der Waals surface area contributed by atoms with Crippen molar-refractivity contribution in [2.24, 2.45) is 5.73 Å². The van der Waals surface area contributed by atoms with Crippen molar-refractivity contribution in [1.29, 1.82) is 0 Å². The first-order valence-corrected chi connectivity index (χ1v) is 3.84. The van der Waals surface area contributed by atoms with Crippen molar-refractivity contribution in [3.8, 4) is 0 Å². The number of ether oxygens (including phenoxy) is 1. The zero-order chi connectivity index (χ0) is 11.4. The molecular formula is C7H13F3N2O2. The predicted molar refractivity (Wildman–Crippen MR) is 43.5 cm³/mol. The van der Waals surface area contributed by atoms with Crippen LogP contribution < -0.4 is 5.73 Å². The zero-order valence-electron chi connectivity index (χ0n) is 7.97. The molecule has 0 aromatic heterocycles. The number of halogens is 3. The summed E-state index contributed by atoms with van der Waals surface area (Å²) in [6, 6.07) is -1.05. The Bertz CT molecular complexity index is 196. The van der Waals surface area contributed by atoms with Gasteiger partial charge in [0.15, 0.2) is 0 Å². The number of hydrogen-bond acceptors (Lipinski definition) is 3. The molecule has 0 aromatic rings. The fourth-order valence-electron chi connectivity index (χ4n) is 0.881. The van der Waals surface area contributed by atoms with E-state index in [1.54, 1.807) is 0 Å². The Morgan fingerprint density at radius 1 is 1.57 bits per heavy atom. The summed E-state index contributed by atoms with van der Waals surface area (Å²) in [5.74, 6) is -0.788. The van der Waals surface area contributed by atoms with Crippen LogP contribution in [0, 0.1) is 0 Å². The van der Waals surface area contributed by atoms with Crippen LogP contribution in [0.15, 0.2) is 0 Å². The highest BCUT2D eigenvalue weighted by atomic mass is 19.4. The van der Waals surface area contributed by atoms with E-state index in [0.717, 1.165) is 7.05 Å². The number of alkyl halides is 3. The summed E-state index contributed by atoms with van der Waals surface area (Å²) in [7, 11) is 2.36. The number of nitrogens with two attached hydrogens (primary N) is 1. The number of amides is 1. The third-order valence-corrected chi connectivity index (χ3v) is 1.46. The molecule has 0 aliphatic heterocycles. The molecule has 0 aliphatic carbocycles. The average Bonchev–Trinajstić information content (AvgIpc) is 2.00. The van der Waals surface area contributed by atoms with E-state index in [1.165, 1.54) is 7.11 Å². The van der Waals surface area contributed by atoms with E-state index >= 15 is 0 Å². The molecular weight excluding hydrogens is 201 g/mol. The molecule has 4 nitrogen and oxygen atoms in total. The highest BCUT2D eigenvalue weighted by Gasteiger charge is 2.32. The van der Waals surface area contributed by atoms with Crippen LogP contribution in [-0.2, 0) is 9.53 Å². The van der Waals surface area contributed by atoms with Gasteiger partial charge in [-0.05, 0) is 0 Å². The second-order valence-electron chi connectivity index (χ2n) is 2.87. The van der Waals surface area contributed by atoms with Gasteiger partial charge >= 0.3 is 6.18 Å². The van der Waals surface area contributed by atoms with Crippen molar-refractivity contribution in [1.82, 2.24) is 4.90 Å². The zero-order valence-corrected chi connectivity index (χ0v) is 7.97. The van der Waals surface area contributed by atoms with Crippen molar-refractivity contribution in [2.45, 2.75) is 12.2 Å². The van der Waals surface area contributed by atoms with E-state index in [-0.39, 0.29) is 6.61 Å². The highest BCUT2D eigenvalue weighted by Crippen LogP contribution is 2.15. The van der Waals surface area contributed by atoms with E-state index in [1.807, 2.05) is 0 Å². The molecule has 0 saturated heterocycles. The second-order valence-corrected chi connectivity index (χ2v) is 2.87. The third-order valence-electron chi connectivity index (χ3n) is 1.46. The smallest absolute Gasteiger partial charge is 0.383 e. The van der Waals surface area contributed by atoms with Crippen LogP contribution in [-0.4, -0.2) is 50.3 Å². The molecule has 14 heavy (non-hydrogen) atoms. The molecule has 1 amide bonds. The Kier molecular flexibility index (Phi) is 4.86.